The average Bonchev–Trinajstić information content (AvgIpc) is 2.61. The van der Waals surface area contributed by atoms with Crippen molar-refractivity contribution >= 4 is 29.9 Å². The largest absolute Gasteiger partial charge is 0.489 e. The van der Waals surface area contributed by atoms with Crippen LogP contribution < -0.4 is 15.4 Å². The van der Waals surface area contributed by atoms with Gasteiger partial charge in [-0.05, 0) is 37.9 Å². The molecule has 1 aromatic rings. The summed E-state index contributed by atoms with van der Waals surface area (Å²) in [5.74, 6) is -0.537. The quantitative estimate of drug-likeness (QED) is 0.272. The van der Waals surface area contributed by atoms with E-state index in [0.717, 1.165) is 44.5 Å². The Hall–Kier alpha value is -1.16. The zero-order chi connectivity index (χ0) is 18.1. The van der Waals surface area contributed by atoms with E-state index in [2.05, 4.69) is 27.4 Å². The van der Waals surface area contributed by atoms with Crippen LogP contribution in [0.2, 0.25) is 0 Å². The summed E-state index contributed by atoms with van der Waals surface area (Å²) in [6.07, 6.45) is 3.38. The van der Waals surface area contributed by atoms with Crippen molar-refractivity contribution in [2.24, 2.45) is 4.99 Å². The Balaban J connectivity index is 0.00000338. The number of aliphatic imine (C=N–C) groups is 1. The summed E-state index contributed by atoms with van der Waals surface area (Å²) in [6.45, 7) is 6.32. The second kappa shape index (κ2) is 12.3. The molecule has 0 bridgehead atoms. The van der Waals surface area contributed by atoms with Gasteiger partial charge in [0.25, 0.3) is 0 Å². The fourth-order valence-corrected chi connectivity index (χ4v) is 2.93. The van der Waals surface area contributed by atoms with Gasteiger partial charge in [-0.2, -0.15) is 0 Å². The molecule has 0 saturated carbocycles. The molecule has 0 spiro atoms. The topological polar surface area (TPSA) is 48.9 Å². The summed E-state index contributed by atoms with van der Waals surface area (Å²) < 4.78 is 31.6. The first-order valence-corrected chi connectivity index (χ1v) is 8.89. The van der Waals surface area contributed by atoms with Crippen molar-refractivity contribution in [2.45, 2.75) is 32.2 Å². The molecule has 1 heterocycles. The van der Waals surface area contributed by atoms with Crippen LogP contribution in [0.25, 0.3) is 0 Å². The Kier molecular flexibility index (Phi) is 10.8. The van der Waals surface area contributed by atoms with Crippen molar-refractivity contribution < 1.29 is 13.5 Å². The van der Waals surface area contributed by atoms with Crippen LogP contribution in [-0.2, 0) is 0 Å². The number of nitrogens with one attached hydrogen (secondary N) is 2. The summed E-state index contributed by atoms with van der Waals surface area (Å²) in [4.78, 5) is 6.70. The van der Waals surface area contributed by atoms with E-state index in [1.165, 1.54) is 18.6 Å². The van der Waals surface area contributed by atoms with Crippen molar-refractivity contribution in [1.29, 1.82) is 0 Å². The van der Waals surface area contributed by atoms with Gasteiger partial charge < -0.3 is 20.3 Å². The summed E-state index contributed by atoms with van der Waals surface area (Å²) >= 11 is 0. The number of hydrogen-bond acceptors (Lipinski definition) is 3. The minimum atomic E-state index is -0.693. The van der Waals surface area contributed by atoms with Crippen LogP contribution in [0.5, 0.6) is 5.75 Å². The number of halogens is 3. The maximum Gasteiger partial charge on any atom is 0.191 e. The third-order valence-electron chi connectivity index (χ3n) is 4.24. The molecule has 8 heteroatoms. The Morgan fingerprint density at radius 1 is 1.31 bits per heavy atom. The summed E-state index contributed by atoms with van der Waals surface area (Å²) in [6, 6.07) is 3.70. The predicted molar refractivity (Wildman–Crippen MR) is 112 cm³/mol. The van der Waals surface area contributed by atoms with Crippen molar-refractivity contribution in [3.63, 3.8) is 0 Å². The fraction of sp³-hybridized carbons (Fsp3) is 0.611. The Labute approximate surface area is 171 Å². The molecule has 148 valence electrons. The van der Waals surface area contributed by atoms with E-state index < -0.39 is 11.6 Å². The normalized spacial score (nSPS) is 16.1. The number of guanidine groups is 1. The molecule has 0 unspecified atom stereocenters. The molecule has 0 aromatic heterocycles. The number of nitrogens with zero attached hydrogens (tertiary/aromatic N) is 2. The van der Waals surface area contributed by atoms with Gasteiger partial charge in [-0.15, -0.1) is 24.0 Å². The highest BCUT2D eigenvalue weighted by Gasteiger charge is 2.19. The summed E-state index contributed by atoms with van der Waals surface area (Å²) in [5, 5.41) is 6.58. The second-order valence-corrected chi connectivity index (χ2v) is 6.18. The van der Waals surface area contributed by atoms with Crippen LogP contribution >= 0.6 is 24.0 Å². The molecule has 0 amide bonds. The predicted octanol–water partition coefficient (Wildman–Crippen LogP) is 3.00. The lowest BCUT2D eigenvalue weighted by molar-refractivity contribution is 0.206. The number of piperidine rings is 1. The highest BCUT2D eigenvalue weighted by atomic mass is 127. The van der Waals surface area contributed by atoms with E-state index >= 15 is 0 Å². The number of ether oxygens (including phenoxy) is 1. The van der Waals surface area contributed by atoms with Crippen LogP contribution in [0, 0.1) is 11.6 Å². The first kappa shape index (κ1) is 22.9. The number of rotatable bonds is 7. The minimum Gasteiger partial charge on any atom is -0.489 e. The maximum atomic E-state index is 13.5. The third kappa shape index (κ3) is 7.61. The number of likely N-dealkylation sites (tertiary alicyclic amines) is 1. The van der Waals surface area contributed by atoms with Gasteiger partial charge in [0.1, 0.15) is 12.4 Å². The lowest BCUT2D eigenvalue weighted by Crippen LogP contribution is -2.49. The zero-order valence-electron chi connectivity index (χ0n) is 15.4. The summed E-state index contributed by atoms with van der Waals surface area (Å²) in [7, 11) is 1.72. The molecule has 1 aliphatic heterocycles. The van der Waals surface area contributed by atoms with Gasteiger partial charge in [0.15, 0.2) is 17.5 Å². The highest BCUT2D eigenvalue weighted by Crippen LogP contribution is 2.17. The lowest BCUT2D eigenvalue weighted by Gasteiger charge is -2.32. The Morgan fingerprint density at radius 3 is 2.65 bits per heavy atom. The first-order valence-electron chi connectivity index (χ1n) is 8.89. The van der Waals surface area contributed by atoms with Crippen molar-refractivity contribution in [2.75, 3.05) is 39.8 Å². The van der Waals surface area contributed by atoms with E-state index in [4.69, 9.17) is 4.74 Å². The van der Waals surface area contributed by atoms with E-state index in [1.807, 2.05) is 0 Å². The SMILES string of the molecule is CCCN1CCC(NC(=NC)NCCOc2ccc(F)cc2F)CC1.I. The van der Waals surface area contributed by atoms with E-state index in [-0.39, 0.29) is 36.3 Å². The first-order chi connectivity index (χ1) is 12.1. The van der Waals surface area contributed by atoms with Gasteiger partial charge in [-0.25, -0.2) is 8.78 Å². The molecule has 1 fully saturated rings. The van der Waals surface area contributed by atoms with Crippen molar-refractivity contribution in [3.8, 4) is 5.75 Å². The highest BCUT2D eigenvalue weighted by molar-refractivity contribution is 14.0. The number of hydrogen-bond donors (Lipinski definition) is 2. The van der Waals surface area contributed by atoms with Gasteiger partial charge in [0, 0.05) is 32.2 Å². The third-order valence-corrected chi connectivity index (χ3v) is 4.24. The van der Waals surface area contributed by atoms with E-state index in [9.17, 15) is 8.78 Å². The monoisotopic (exact) mass is 482 g/mol. The van der Waals surface area contributed by atoms with Gasteiger partial charge >= 0.3 is 0 Å². The maximum absolute atomic E-state index is 13.5. The smallest absolute Gasteiger partial charge is 0.191 e. The molecule has 5 nitrogen and oxygen atoms in total. The van der Waals surface area contributed by atoms with Crippen LogP contribution in [0.3, 0.4) is 0 Å². The van der Waals surface area contributed by atoms with Crippen LogP contribution in [0.15, 0.2) is 23.2 Å². The van der Waals surface area contributed by atoms with Crippen molar-refractivity contribution in [1.82, 2.24) is 15.5 Å². The second-order valence-electron chi connectivity index (χ2n) is 6.18. The van der Waals surface area contributed by atoms with E-state index in [0.29, 0.717) is 12.6 Å². The molecule has 1 aromatic carbocycles. The van der Waals surface area contributed by atoms with Gasteiger partial charge in [-0.1, -0.05) is 6.92 Å². The zero-order valence-corrected chi connectivity index (χ0v) is 17.8. The Bertz CT molecular complexity index is 566. The molecule has 1 aliphatic rings. The molecular weight excluding hydrogens is 453 g/mol. The molecule has 26 heavy (non-hydrogen) atoms. The molecule has 2 N–H and O–H groups in total. The number of benzene rings is 1. The van der Waals surface area contributed by atoms with Crippen LogP contribution in [-0.4, -0.2) is 56.7 Å². The van der Waals surface area contributed by atoms with Crippen LogP contribution in [0.4, 0.5) is 8.78 Å². The molecule has 0 radical (unpaired) electrons. The van der Waals surface area contributed by atoms with Crippen molar-refractivity contribution in [3.05, 3.63) is 29.8 Å². The molecule has 0 atom stereocenters. The fourth-order valence-electron chi connectivity index (χ4n) is 2.93. The van der Waals surface area contributed by atoms with Gasteiger partial charge in [0.2, 0.25) is 0 Å². The van der Waals surface area contributed by atoms with E-state index in [1.54, 1.807) is 7.05 Å². The summed E-state index contributed by atoms with van der Waals surface area (Å²) in [5.41, 5.74) is 0. The van der Waals surface area contributed by atoms with Gasteiger partial charge in [-0.3, -0.25) is 4.99 Å². The molecular formula is C18H29F2IN4O. The Morgan fingerprint density at radius 2 is 2.04 bits per heavy atom. The molecule has 1 saturated heterocycles. The standard InChI is InChI=1S/C18H28F2N4O.HI/c1-3-9-24-10-6-15(7-11-24)23-18(21-2)22-8-12-25-17-5-4-14(19)13-16(17)20;/h4-5,13,15H,3,6-12H2,1-2H3,(H2,21,22,23);1H. The minimum absolute atomic E-state index is 0. The lowest BCUT2D eigenvalue weighted by atomic mass is 10.1. The average molecular weight is 482 g/mol. The van der Waals surface area contributed by atoms with Crippen LogP contribution in [0.1, 0.15) is 26.2 Å². The molecule has 0 aliphatic carbocycles. The van der Waals surface area contributed by atoms with Gasteiger partial charge in [0.05, 0.1) is 6.54 Å². The molecule has 2 rings (SSSR count).